The van der Waals surface area contributed by atoms with E-state index in [1.165, 1.54) is 6.92 Å². The molecule has 0 aliphatic heterocycles. The van der Waals surface area contributed by atoms with Gasteiger partial charge in [0.05, 0.1) is 20.5 Å². The van der Waals surface area contributed by atoms with Gasteiger partial charge in [-0.3, -0.25) is 4.52 Å². The summed E-state index contributed by atoms with van der Waals surface area (Å²) >= 11 is 0. The number of hydrogen-bond donors (Lipinski definition) is 2. The normalized spacial score (nSPS) is 15.5. The quantitative estimate of drug-likeness (QED) is 0.554. The van der Waals surface area contributed by atoms with Gasteiger partial charge in [-0.1, -0.05) is 0 Å². The topological polar surface area (TPSA) is 139 Å². The monoisotopic (exact) mass is 248 g/mol. The number of phosphoric acid groups is 2. The number of rotatable bonds is 6. The first-order chi connectivity index (χ1) is 6.10. The van der Waals surface area contributed by atoms with Gasteiger partial charge in [0.2, 0.25) is 0 Å². The van der Waals surface area contributed by atoms with E-state index in [-0.39, 0.29) is 6.42 Å². The molecule has 0 fully saturated rings. The van der Waals surface area contributed by atoms with Crippen molar-refractivity contribution in [1.82, 2.24) is 0 Å². The average Bonchev–Trinajstić information content (AvgIpc) is 1.78. The molecule has 0 aromatic heterocycles. The Bertz CT molecular complexity index is 252. The van der Waals surface area contributed by atoms with Crippen LogP contribution < -0.4 is 9.79 Å². The number of hydrogen-bond acceptors (Lipinski definition) is 6. The summed E-state index contributed by atoms with van der Waals surface area (Å²) in [4.78, 5) is 36.6. The second kappa shape index (κ2) is 5.34. The third-order valence-corrected chi connectivity index (χ3v) is 2.23. The van der Waals surface area contributed by atoms with Crippen LogP contribution in [-0.2, 0) is 18.2 Å². The van der Waals surface area contributed by atoms with Gasteiger partial charge in [-0.2, -0.15) is 0 Å². The maximum absolute atomic E-state index is 10.2. The van der Waals surface area contributed by atoms with Crippen LogP contribution in [0.3, 0.4) is 0 Å². The van der Waals surface area contributed by atoms with Crippen LogP contribution >= 0.6 is 15.6 Å². The molecule has 0 rings (SSSR count). The predicted molar refractivity (Wildman–Crippen MR) is 40.8 cm³/mol. The van der Waals surface area contributed by atoms with Crippen molar-refractivity contribution in [1.29, 1.82) is 0 Å². The molecule has 0 heterocycles. The Hall–Kier alpha value is 0.220. The molecule has 0 amide bonds. The second-order valence-corrected chi connectivity index (χ2v) is 4.82. The molecule has 8 nitrogen and oxygen atoms in total. The lowest BCUT2D eigenvalue weighted by Gasteiger charge is -2.31. The molecular weight excluding hydrogens is 238 g/mol. The molecule has 0 saturated heterocycles. The van der Waals surface area contributed by atoms with Gasteiger partial charge in [-0.15, -0.1) is 0 Å². The Kier molecular flexibility index (Phi) is 5.43. The average molecular weight is 248 g/mol. The second-order valence-electron chi connectivity index (χ2n) is 2.48. The van der Waals surface area contributed by atoms with Crippen LogP contribution in [0, 0.1) is 0 Å². The fourth-order valence-corrected chi connectivity index (χ4v) is 1.50. The SMILES string of the molecule is CC(CCOP(=O)(O)O)OP(=O)([O-])[O-]. The van der Waals surface area contributed by atoms with Gasteiger partial charge in [0.15, 0.2) is 0 Å². The van der Waals surface area contributed by atoms with Gasteiger partial charge in [-0.05, 0) is 13.3 Å². The molecule has 0 aliphatic rings. The molecule has 1 atom stereocenters. The molecule has 0 saturated carbocycles. The first-order valence-corrected chi connectivity index (χ1v) is 6.50. The van der Waals surface area contributed by atoms with Crippen molar-refractivity contribution >= 4 is 15.6 Å². The third kappa shape index (κ3) is 10.3. The maximum Gasteiger partial charge on any atom is 0.469 e. The Morgan fingerprint density at radius 3 is 2.21 bits per heavy atom. The van der Waals surface area contributed by atoms with Crippen molar-refractivity contribution in [2.24, 2.45) is 0 Å². The highest BCUT2D eigenvalue weighted by Crippen LogP contribution is 2.36. The highest BCUT2D eigenvalue weighted by molar-refractivity contribution is 7.46. The van der Waals surface area contributed by atoms with Crippen LogP contribution in [0.15, 0.2) is 0 Å². The summed E-state index contributed by atoms with van der Waals surface area (Å²) < 4.78 is 28.2. The fraction of sp³-hybridized carbons (Fsp3) is 1.00. The van der Waals surface area contributed by atoms with E-state index in [9.17, 15) is 18.9 Å². The van der Waals surface area contributed by atoms with Gasteiger partial charge in [0, 0.05) is 0 Å². The molecule has 0 aromatic carbocycles. The van der Waals surface area contributed by atoms with Crippen LogP contribution in [-0.4, -0.2) is 22.5 Å². The predicted octanol–water partition coefficient (Wildman–Crippen LogP) is -1.28. The summed E-state index contributed by atoms with van der Waals surface area (Å²) in [5.41, 5.74) is 0. The first-order valence-electron chi connectivity index (χ1n) is 3.51. The van der Waals surface area contributed by atoms with Crippen LogP contribution in [0.2, 0.25) is 0 Å². The summed E-state index contributed by atoms with van der Waals surface area (Å²) in [7, 11) is -9.61. The van der Waals surface area contributed by atoms with E-state index < -0.39 is 28.4 Å². The smallest absolute Gasteiger partial charge is 0.469 e. The highest BCUT2D eigenvalue weighted by Gasteiger charge is 2.14. The minimum atomic E-state index is -5.05. The van der Waals surface area contributed by atoms with E-state index in [4.69, 9.17) is 9.79 Å². The van der Waals surface area contributed by atoms with E-state index in [1.807, 2.05) is 0 Å². The minimum Gasteiger partial charge on any atom is -0.790 e. The molecule has 10 heteroatoms. The van der Waals surface area contributed by atoms with E-state index >= 15 is 0 Å². The molecule has 2 N–H and O–H groups in total. The van der Waals surface area contributed by atoms with Crippen molar-refractivity contribution in [2.75, 3.05) is 6.61 Å². The summed E-state index contributed by atoms with van der Waals surface area (Å²) in [6.07, 6.45) is -1.08. The van der Waals surface area contributed by atoms with Crippen molar-refractivity contribution < 1.29 is 37.8 Å². The lowest BCUT2D eigenvalue weighted by atomic mass is 10.3. The van der Waals surface area contributed by atoms with Crippen LogP contribution in [0.25, 0.3) is 0 Å². The van der Waals surface area contributed by atoms with Gasteiger partial charge in [0.1, 0.15) is 0 Å². The molecule has 0 aliphatic carbocycles. The lowest BCUT2D eigenvalue weighted by Crippen LogP contribution is -2.21. The molecule has 1 unspecified atom stereocenters. The third-order valence-electron chi connectivity index (χ3n) is 1.09. The van der Waals surface area contributed by atoms with E-state index in [1.54, 1.807) is 0 Å². The molecule has 0 bridgehead atoms. The Balaban J connectivity index is 3.71. The van der Waals surface area contributed by atoms with Crippen molar-refractivity contribution in [2.45, 2.75) is 19.4 Å². The molecule has 0 spiro atoms. The summed E-state index contributed by atoms with van der Waals surface area (Å²) in [6.45, 7) is 0.872. The van der Waals surface area contributed by atoms with E-state index in [0.29, 0.717) is 0 Å². The zero-order valence-electron chi connectivity index (χ0n) is 7.23. The zero-order valence-corrected chi connectivity index (χ0v) is 9.02. The number of phosphoric ester groups is 2. The first kappa shape index (κ1) is 14.2. The van der Waals surface area contributed by atoms with Crippen molar-refractivity contribution in [3.63, 3.8) is 0 Å². The zero-order chi connectivity index (χ0) is 11.4. The summed E-state index contributed by atoms with van der Waals surface area (Å²) in [6, 6.07) is 0. The van der Waals surface area contributed by atoms with E-state index in [2.05, 4.69) is 9.05 Å². The van der Waals surface area contributed by atoms with Crippen molar-refractivity contribution in [3.05, 3.63) is 0 Å². The van der Waals surface area contributed by atoms with Crippen LogP contribution in [0.5, 0.6) is 0 Å². The van der Waals surface area contributed by atoms with Gasteiger partial charge >= 0.3 is 7.82 Å². The lowest BCUT2D eigenvalue weighted by molar-refractivity contribution is -0.344. The fourth-order valence-electron chi connectivity index (χ4n) is 0.611. The Labute approximate surface area is 80.3 Å². The molecule has 0 aromatic rings. The van der Waals surface area contributed by atoms with Gasteiger partial charge in [-0.25, -0.2) is 4.57 Å². The maximum atomic E-state index is 10.2. The van der Waals surface area contributed by atoms with E-state index in [0.717, 1.165) is 0 Å². The molecule has 86 valence electrons. The Morgan fingerprint density at radius 1 is 1.36 bits per heavy atom. The standard InChI is InChI=1S/C4H12O8P2/c1-4(12-14(8,9)10)2-3-11-13(5,6)7/h4H,2-3H2,1H3,(H2,5,6,7)(H2,8,9,10)/p-2. The summed E-state index contributed by atoms with van der Waals surface area (Å²) in [5.74, 6) is 0. The van der Waals surface area contributed by atoms with Crippen molar-refractivity contribution in [3.8, 4) is 0 Å². The highest BCUT2D eigenvalue weighted by atomic mass is 31.2. The minimum absolute atomic E-state index is 0.112. The molecule has 0 radical (unpaired) electrons. The largest absolute Gasteiger partial charge is 0.790 e. The summed E-state index contributed by atoms with van der Waals surface area (Å²) in [5, 5.41) is 0. The van der Waals surface area contributed by atoms with Gasteiger partial charge in [0.25, 0.3) is 0 Å². The molecule has 14 heavy (non-hydrogen) atoms. The Morgan fingerprint density at radius 2 is 1.86 bits per heavy atom. The van der Waals surface area contributed by atoms with Crippen LogP contribution in [0.1, 0.15) is 13.3 Å². The van der Waals surface area contributed by atoms with Gasteiger partial charge < -0.3 is 28.7 Å². The molecular formula is C4H10O8P2-2. The van der Waals surface area contributed by atoms with Crippen LogP contribution in [0.4, 0.5) is 0 Å².